The number of hydrogen-bond acceptors (Lipinski definition) is 3. The van der Waals surface area contributed by atoms with Crippen LogP contribution in [-0.2, 0) is 4.74 Å². The van der Waals surface area contributed by atoms with Crippen molar-refractivity contribution in [3.8, 4) is 5.75 Å². The van der Waals surface area contributed by atoms with Gasteiger partial charge in [0.15, 0.2) is 0 Å². The fraction of sp³-hybridized carbons (Fsp3) is 0.600. The summed E-state index contributed by atoms with van der Waals surface area (Å²) in [5.41, 5.74) is 1.32. The van der Waals surface area contributed by atoms with Crippen molar-refractivity contribution in [2.45, 2.75) is 25.8 Å². The van der Waals surface area contributed by atoms with E-state index in [2.05, 4.69) is 36.5 Å². The first-order chi connectivity index (χ1) is 8.85. The van der Waals surface area contributed by atoms with Gasteiger partial charge in [-0.3, -0.25) is 0 Å². The van der Waals surface area contributed by atoms with E-state index in [1.807, 2.05) is 7.05 Å². The third-order valence-electron chi connectivity index (χ3n) is 3.46. The predicted molar refractivity (Wildman–Crippen MR) is 73.0 cm³/mol. The number of ether oxygens (including phenoxy) is 2. The fourth-order valence-corrected chi connectivity index (χ4v) is 2.48. The maximum atomic E-state index is 5.60. The lowest BCUT2D eigenvalue weighted by Crippen LogP contribution is -2.25. The lowest BCUT2D eigenvalue weighted by atomic mass is 9.92. The standard InChI is InChI=1S/C15H23NO2/c1-3-9-18-14-6-4-12(5-7-14)15(16-2)13-8-10-17-11-13/h4-7,13,15-16H,3,8-11H2,1-2H3. The quantitative estimate of drug-likeness (QED) is 0.841. The lowest BCUT2D eigenvalue weighted by Gasteiger charge is -2.22. The van der Waals surface area contributed by atoms with Gasteiger partial charge in [-0.25, -0.2) is 0 Å². The summed E-state index contributed by atoms with van der Waals surface area (Å²) >= 11 is 0. The molecule has 1 heterocycles. The Morgan fingerprint density at radius 2 is 2.17 bits per heavy atom. The van der Waals surface area contributed by atoms with Gasteiger partial charge >= 0.3 is 0 Å². The number of benzene rings is 1. The van der Waals surface area contributed by atoms with Gasteiger partial charge in [0.05, 0.1) is 13.2 Å². The zero-order valence-electron chi connectivity index (χ0n) is 11.3. The smallest absolute Gasteiger partial charge is 0.119 e. The Morgan fingerprint density at radius 3 is 2.72 bits per heavy atom. The molecular weight excluding hydrogens is 226 g/mol. The fourth-order valence-electron chi connectivity index (χ4n) is 2.48. The molecule has 3 heteroatoms. The summed E-state index contributed by atoms with van der Waals surface area (Å²) in [5, 5.41) is 3.40. The van der Waals surface area contributed by atoms with Crippen molar-refractivity contribution in [1.29, 1.82) is 0 Å². The van der Waals surface area contributed by atoms with Crippen LogP contribution in [-0.4, -0.2) is 26.9 Å². The van der Waals surface area contributed by atoms with Gasteiger partial charge in [0.1, 0.15) is 5.75 Å². The van der Waals surface area contributed by atoms with Crippen molar-refractivity contribution in [2.75, 3.05) is 26.9 Å². The summed E-state index contributed by atoms with van der Waals surface area (Å²) in [6.45, 7) is 4.65. The molecule has 1 aliphatic rings. The molecular formula is C15H23NO2. The summed E-state index contributed by atoms with van der Waals surface area (Å²) in [6.07, 6.45) is 2.18. The van der Waals surface area contributed by atoms with E-state index in [0.717, 1.165) is 38.4 Å². The molecule has 100 valence electrons. The van der Waals surface area contributed by atoms with E-state index in [1.54, 1.807) is 0 Å². The highest BCUT2D eigenvalue weighted by molar-refractivity contribution is 5.29. The Balaban J connectivity index is 2.02. The average molecular weight is 249 g/mol. The SMILES string of the molecule is CCCOc1ccc(C(NC)C2CCOC2)cc1. The predicted octanol–water partition coefficient (Wildman–Crippen LogP) is 2.77. The third-order valence-corrected chi connectivity index (χ3v) is 3.46. The van der Waals surface area contributed by atoms with Crippen LogP contribution in [0.5, 0.6) is 5.75 Å². The highest BCUT2D eigenvalue weighted by Gasteiger charge is 2.25. The molecule has 2 rings (SSSR count). The molecule has 1 aliphatic heterocycles. The van der Waals surface area contributed by atoms with Crippen molar-refractivity contribution in [1.82, 2.24) is 5.32 Å². The Kier molecular flexibility index (Phi) is 5.02. The molecule has 2 atom stereocenters. The van der Waals surface area contributed by atoms with Gasteiger partial charge in [0.25, 0.3) is 0 Å². The van der Waals surface area contributed by atoms with Crippen LogP contribution < -0.4 is 10.1 Å². The Bertz CT molecular complexity index is 344. The number of rotatable bonds is 6. The monoisotopic (exact) mass is 249 g/mol. The largest absolute Gasteiger partial charge is 0.494 e. The molecule has 1 aromatic carbocycles. The third kappa shape index (κ3) is 3.24. The van der Waals surface area contributed by atoms with Gasteiger partial charge in [-0.05, 0) is 37.6 Å². The van der Waals surface area contributed by atoms with Gasteiger partial charge in [0.2, 0.25) is 0 Å². The maximum absolute atomic E-state index is 5.60. The van der Waals surface area contributed by atoms with E-state index >= 15 is 0 Å². The van der Waals surface area contributed by atoms with Crippen molar-refractivity contribution < 1.29 is 9.47 Å². The second-order valence-corrected chi connectivity index (χ2v) is 4.81. The van der Waals surface area contributed by atoms with Crippen LogP contribution >= 0.6 is 0 Å². The van der Waals surface area contributed by atoms with Crippen molar-refractivity contribution in [2.24, 2.45) is 5.92 Å². The minimum absolute atomic E-state index is 0.382. The number of nitrogens with one attached hydrogen (secondary N) is 1. The zero-order chi connectivity index (χ0) is 12.8. The van der Waals surface area contributed by atoms with Gasteiger partial charge in [-0.2, -0.15) is 0 Å². The summed E-state index contributed by atoms with van der Waals surface area (Å²) in [7, 11) is 2.02. The van der Waals surface area contributed by atoms with Crippen molar-refractivity contribution in [3.63, 3.8) is 0 Å². The Labute approximate surface area is 109 Å². The second kappa shape index (κ2) is 6.76. The molecule has 0 amide bonds. The van der Waals surface area contributed by atoms with E-state index in [1.165, 1.54) is 5.56 Å². The van der Waals surface area contributed by atoms with E-state index in [-0.39, 0.29) is 0 Å². The highest BCUT2D eigenvalue weighted by Crippen LogP contribution is 2.29. The molecule has 18 heavy (non-hydrogen) atoms. The van der Waals surface area contributed by atoms with Crippen LogP contribution in [0.15, 0.2) is 24.3 Å². The molecule has 0 saturated carbocycles. The van der Waals surface area contributed by atoms with E-state index in [0.29, 0.717) is 12.0 Å². The van der Waals surface area contributed by atoms with Crippen LogP contribution in [0.25, 0.3) is 0 Å². The number of hydrogen-bond donors (Lipinski definition) is 1. The summed E-state index contributed by atoms with van der Waals surface area (Å²) in [4.78, 5) is 0. The average Bonchev–Trinajstić information content (AvgIpc) is 2.93. The van der Waals surface area contributed by atoms with Crippen molar-refractivity contribution in [3.05, 3.63) is 29.8 Å². The molecule has 0 bridgehead atoms. The molecule has 1 N–H and O–H groups in total. The molecule has 1 fully saturated rings. The molecule has 2 unspecified atom stereocenters. The van der Waals surface area contributed by atoms with Crippen LogP contribution in [0.1, 0.15) is 31.4 Å². The van der Waals surface area contributed by atoms with Crippen LogP contribution in [0, 0.1) is 5.92 Å². The molecule has 0 aromatic heterocycles. The van der Waals surface area contributed by atoms with Crippen molar-refractivity contribution >= 4 is 0 Å². The molecule has 1 aromatic rings. The normalized spacial score (nSPS) is 20.9. The van der Waals surface area contributed by atoms with Gasteiger partial charge < -0.3 is 14.8 Å². The topological polar surface area (TPSA) is 30.5 Å². The van der Waals surface area contributed by atoms with E-state index in [4.69, 9.17) is 9.47 Å². The van der Waals surface area contributed by atoms with E-state index in [9.17, 15) is 0 Å². The first kappa shape index (κ1) is 13.4. The second-order valence-electron chi connectivity index (χ2n) is 4.81. The minimum Gasteiger partial charge on any atom is -0.494 e. The van der Waals surface area contributed by atoms with Crippen LogP contribution in [0.3, 0.4) is 0 Å². The summed E-state index contributed by atoms with van der Waals surface area (Å²) in [5.74, 6) is 1.54. The zero-order valence-corrected chi connectivity index (χ0v) is 11.3. The van der Waals surface area contributed by atoms with Crippen LogP contribution in [0.2, 0.25) is 0 Å². The van der Waals surface area contributed by atoms with Crippen LogP contribution in [0.4, 0.5) is 0 Å². The maximum Gasteiger partial charge on any atom is 0.119 e. The molecule has 0 radical (unpaired) electrons. The summed E-state index contributed by atoms with van der Waals surface area (Å²) in [6, 6.07) is 8.82. The summed E-state index contributed by atoms with van der Waals surface area (Å²) < 4.78 is 11.1. The molecule has 0 aliphatic carbocycles. The van der Waals surface area contributed by atoms with E-state index < -0.39 is 0 Å². The highest BCUT2D eigenvalue weighted by atomic mass is 16.5. The molecule has 1 saturated heterocycles. The lowest BCUT2D eigenvalue weighted by molar-refractivity contribution is 0.178. The Morgan fingerprint density at radius 1 is 1.39 bits per heavy atom. The first-order valence-electron chi connectivity index (χ1n) is 6.83. The molecule has 0 spiro atoms. The Hall–Kier alpha value is -1.06. The minimum atomic E-state index is 0.382. The van der Waals surface area contributed by atoms with Gasteiger partial charge in [0, 0.05) is 18.6 Å². The van der Waals surface area contributed by atoms with Gasteiger partial charge in [-0.1, -0.05) is 19.1 Å². The molecule has 3 nitrogen and oxygen atoms in total. The van der Waals surface area contributed by atoms with Gasteiger partial charge in [-0.15, -0.1) is 0 Å². The first-order valence-corrected chi connectivity index (χ1v) is 6.83.